The number of hydrogen-bond donors (Lipinski definition) is 0. The van der Waals surface area contributed by atoms with Crippen LogP contribution in [0.25, 0.3) is 21.5 Å². The van der Waals surface area contributed by atoms with E-state index in [0.717, 1.165) is 33.4 Å². The first kappa shape index (κ1) is 15.1. The van der Waals surface area contributed by atoms with E-state index in [2.05, 4.69) is 43.8 Å². The third-order valence-electron chi connectivity index (χ3n) is 3.71. The fourth-order valence-electron chi connectivity index (χ4n) is 2.64. The van der Waals surface area contributed by atoms with Gasteiger partial charge in [-0.1, -0.05) is 48.5 Å². The predicted octanol–water partition coefficient (Wildman–Crippen LogP) is 4.41. The first-order valence-corrected chi connectivity index (χ1v) is 7.53. The Morgan fingerprint density at radius 1 is 1.04 bits per heavy atom. The third-order valence-corrected chi connectivity index (χ3v) is 3.71. The molecule has 0 aromatic heterocycles. The van der Waals surface area contributed by atoms with Crippen LogP contribution in [-0.2, 0) is 9.53 Å². The average molecular weight is 306 g/mol. The lowest BCUT2D eigenvalue weighted by Crippen LogP contribution is -2.10. The van der Waals surface area contributed by atoms with E-state index >= 15 is 0 Å². The number of aryl methyl sites for hydroxylation is 1. The van der Waals surface area contributed by atoms with Gasteiger partial charge in [0, 0.05) is 16.8 Å². The summed E-state index contributed by atoms with van der Waals surface area (Å²) in [4.78, 5) is 11.1. The lowest BCUT2D eigenvalue weighted by molar-refractivity contribution is -0.138. The summed E-state index contributed by atoms with van der Waals surface area (Å²) in [5.41, 5.74) is 1.18. The van der Waals surface area contributed by atoms with Crippen molar-refractivity contribution in [3.05, 3.63) is 66.7 Å². The minimum absolute atomic E-state index is 0.196. The molecule has 0 saturated heterocycles. The van der Waals surface area contributed by atoms with Gasteiger partial charge in [-0.2, -0.15) is 0 Å². The van der Waals surface area contributed by atoms with Gasteiger partial charge in [-0.15, -0.1) is 0 Å². The minimum atomic E-state index is -0.438. The molecule has 3 heteroatoms. The summed E-state index contributed by atoms with van der Waals surface area (Å²) in [6, 6.07) is 16.6. The molecule has 0 unspecified atom stereocenters. The quantitative estimate of drug-likeness (QED) is 0.303. The molecule has 0 bridgehead atoms. The van der Waals surface area contributed by atoms with Crippen LogP contribution in [0, 0.1) is 6.92 Å². The molecule has 0 aliphatic rings. The summed E-state index contributed by atoms with van der Waals surface area (Å²) in [7, 11) is 0. The zero-order chi connectivity index (χ0) is 16.2. The minimum Gasteiger partial charge on any atom is -0.489 e. The third kappa shape index (κ3) is 3.19. The smallest absolute Gasteiger partial charge is 0.330 e. The normalized spacial score (nSPS) is 10.7. The molecule has 0 atom stereocenters. The Balaban J connectivity index is 1.98. The number of ether oxygens (including phenoxy) is 2. The Bertz CT molecular complexity index is 881. The topological polar surface area (TPSA) is 35.5 Å². The molecule has 116 valence electrons. The van der Waals surface area contributed by atoms with Crippen molar-refractivity contribution in [1.82, 2.24) is 0 Å². The number of fused-ring (bicyclic) bond motifs is 2. The Morgan fingerprint density at radius 3 is 2.65 bits per heavy atom. The monoisotopic (exact) mass is 306 g/mol. The molecule has 3 nitrogen and oxygen atoms in total. The summed E-state index contributed by atoms with van der Waals surface area (Å²) in [6.45, 7) is 5.93. The van der Waals surface area contributed by atoms with Crippen LogP contribution in [0.4, 0.5) is 0 Å². The van der Waals surface area contributed by atoms with E-state index in [1.54, 1.807) is 0 Å². The highest BCUT2D eigenvalue weighted by atomic mass is 16.6. The molecule has 0 spiro atoms. The molecule has 0 fully saturated rings. The Kier molecular flexibility index (Phi) is 4.29. The zero-order valence-corrected chi connectivity index (χ0v) is 13.0. The van der Waals surface area contributed by atoms with Crippen molar-refractivity contribution in [1.29, 1.82) is 0 Å². The van der Waals surface area contributed by atoms with E-state index in [-0.39, 0.29) is 6.61 Å². The first-order chi connectivity index (χ1) is 11.2. The zero-order valence-electron chi connectivity index (χ0n) is 13.0. The molecule has 3 aromatic carbocycles. The molecule has 0 saturated carbocycles. The maximum atomic E-state index is 11.1. The largest absolute Gasteiger partial charge is 0.489 e. The number of esters is 1. The summed E-state index contributed by atoms with van der Waals surface area (Å²) in [6.07, 6.45) is 1.15. The van der Waals surface area contributed by atoms with Crippen molar-refractivity contribution < 1.29 is 14.3 Å². The van der Waals surface area contributed by atoms with Crippen LogP contribution in [-0.4, -0.2) is 19.2 Å². The van der Waals surface area contributed by atoms with Crippen molar-refractivity contribution in [2.75, 3.05) is 13.2 Å². The van der Waals surface area contributed by atoms with Crippen LogP contribution < -0.4 is 4.74 Å². The molecular weight excluding hydrogens is 288 g/mol. The SMILES string of the molecule is C=CC(=O)OCCOc1c2ccccc2cc2ccc(C)cc12. The van der Waals surface area contributed by atoms with Gasteiger partial charge in [-0.3, -0.25) is 0 Å². The maximum absolute atomic E-state index is 11.1. The summed E-state index contributed by atoms with van der Waals surface area (Å²) < 4.78 is 10.9. The van der Waals surface area contributed by atoms with Crippen molar-refractivity contribution in [3.8, 4) is 5.75 Å². The Hall–Kier alpha value is -2.81. The first-order valence-electron chi connectivity index (χ1n) is 7.53. The second kappa shape index (κ2) is 6.53. The lowest BCUT2D eigenvalue weighted by atomic mass is 10.0. The highest BCUT2D eigenvalue weighted by Gasteiger charge is 2.09. The van der Waals surface area contributed by atoms with Gasteiger partial charge in [0.2, 0.25) is 0 Å². The molecule has 0 N–H and O–H groups in total. The van der Waals surface area contributed by atoms with Crippen molar-refractivity contribution >= 4 is 27.5 Å². The molecule has 23 heavy (non-hydrogen) atoms. The van der Waals surface area contributed by atoms with Gasteiger partial charge in [0.1, 0.15) is 19.0 Å². The van der Waals surface area contributed by atoms with E-state index in [1.165, 1.54) is 5.56 Å². The predicted molar refractivity (Wildman–Crippen MR) is 92.8 cm³/mol. The molecule has 0 heterocycles. The van der Waals surface area contributed by atoms with E-state index in [4.69, 9.17) is 9.47 Å². The maximum Gasteiger partial charge on any atom is 0.330 e. The van der Waals surface area contributed by atoms with Crippen LogP contribution in [0.15, 0.2) is 61.2 Å². The van der Waals surface area contributed by atoms with Crippen molar-refractivity contribution in [2.45, 2.75) is 6.92 Å². The second-order valence-electron chi connectivity index (χ2n) is 5.37. The van der Waals surface area contributed by atoms with E-state index in [9.17, 15) is 4.79 Å². The number of benzene rings is 3. The number of rotatable bonds is 5. The summed E-state index contributed by atoms with van der Waals surface area (Å²) in [5.74, 6) is 0.392. The van der Waals surface area contributed by atoms with Gasteiger partial charge in [0.15, 0.2) is 0 Å². The fourth-order valence-corrected chi connectivity index (χ4v) is 2.64. The lowest BCUT2D eigenvalue weighted by Gasteiger charge is -2.13. The van der Waals surface area contributed by atoms with Gasteiger partial charge in [0.05, 0.1) is 0 Å². The molecule has 0 radical (unpaired) electrons. The standard InChI is InChI=1S/C20H18O3/c1-3-19(21)22-10-11-23-20-17-7-5-4-6-15(17)13-16-9-8-14(2)12-18(16)20/h3-9,12-13H,1,10-11H2,2H3. The second-order valence-corrected chi connectivity index (χ2v) is 5.37. The Labute approximate surface area is 135 Å². The van der Waals surface area contributed by atoms with E-state index in [0.29, 0.717) is 6.61 Å². The molecule has 0 aliphatic carbocycles. The van der Waals surface area contributed by atoms with E-state index < -0.39 is 5.97 Å². The van der Waals surface area contributed by atoms with Gasteiger partial charge < -0.3 is 9.47 Å². The van der Waals surface area contributed by atoms with Crippen molar-refractivity contribution in [3.63, 3.8) is 0 Å². The molecule has 0 aliphatic heterocycles. The number of carbonyl (C=O) groups excluding carboxylic acids is 1. The van der Waals surface area contributed by atoms with Crippen LogP contribution in [0.3, 0.4) is 0 Å². The fraction of sp³-hybridized carbons (Fsp3) is 0.150. The van der Waals surface area contributed by atoms with Crippen LogP contribution in [0.2, 0.25) is 0 Å². The van der Waals surface area contributed by atoms with Crippen LogP contribution in [0.5, 0.6) is 5.75 Å². The molecule has 3 rings (SSSR count). The van der Waals surface area contributed by atoms with Gasteiger partial charge >= 0.3 is 5.97 Å². The Morgan fingerprint density at radius 2 is 1.83 bits per heavy atom. The van der Waals surface area contributed by atoms with Crippen LogP contribution in [0.1, 0.15) is 5.56 Å². The van der Waals surface area contributed by atoms with Gasteiger partial charge in [-0.25, -0.2) is 4.79 Å². The van der Waals surface area contributed by atoms with Crippen molar-refractivity contribution in [2.24, 2.45) is 0 Å². The number of hydrogen-bond acceptors (Lipinski definition) is 3. The van der Waals surface area contributed by atoms with Crippen LogP contribution >= 0.6 is 0 Å². The molecule has 3 aromatic rings. The number of carbonyl (C=O) groups is 1. The highest BCUT2D eigenvalue weighted by molar-refractivity contribution is 6.05. The highest BCUT2D eigenvalue weighted by Crippen LogP contribution is 2.35. The average Bonchev–Trinajstić information content (AvgIpc) is 2.57. The van der Waals surface area contributed by atoms with Gasteiger partial charge in [0.25, 0.3) is 0 Å². The summed E-state index contributed by atoms with van der Waals surface area (Å²) >= 11 is 0. The summed E-state index contributed by atoms with van der Waals surface area (Å²) in [5, 5.41) is 4.38. The molecular formula is C20H18O3. The molecule has 0 amide bonds. The van der Waals surface area contributed by atoms with Gasteiger partial charge in [-0.05, 0) is 29.8 Å². The van der Waals surface area contributed by atoms with E-state index in [1.807, 2.05) is 18.2 Å².